The van der Waals surface area contributed by atoms with Gasteiger partial charge in [0.15, 0.2) is 6.23 Å². The van der Waals surface area contributed by atoms with E-state index in [2.05, 4.69) is 6.58 Å². The Morgan fingerprint density at radius 1 is 1.58 bits per heavy atom. The minimum Gasteiger partial charge on any atom is -0.443 e. The maximum absolute atomic E-state index is 11.1. The summed E-state index contributed by atoms with van der Waals surface area (Å²) in [5.41, 5.74) is 0.517. The molecular formula is C9H17NO2. The minimum atomic E-state index is -0.307. The number of hydrogen-bond donors (Lipinski definition) is 0. The topological polar surface area (TPSA) is 29.5 Å². The van der Waals surface area contributed by atoms with Crippen molar-refractivity contribution in [3.63, 3.8) is 0 Å². The monoisotopic (exact) mass is 171 g/mol. The van der Waals surface area contributed by atoms with Crippen LogP contribution in [0.2, 0.25) is 0 Å². The lowest BCUT2D eigenvalue weighted by Crippen LogP contribution is -2.30. The largest absolute Gasteiger partial charge is 0.443 e. The van der Waals surface area contributed by atoms with Crippen LogP contribution in [0.25, 0.3) is 0 Å². The Labute approximate surface area is 74.0 Å². The molecule has 1 unspecified atom stereocenters. The molecule has 0 aromatic heterocycles. The van der Waals surface area contributed by atoms with Gasteiger partial charge < -0.3 is 4.74 Å². The number of carbonyl (C=O) groups is 1. The van der Waals surface area contributed by atoms with E-state index < -0.39 is 0 Å². The molecule has 0 saturated heterocycles. The second-order valence-corrected chi connectivity index (χ2v) is 2.93. The molecule has 0 spiro atoms. The van der Waals surface area contributed by atoms with Crippen LogP contribution in [0.15, 0.2) is 12.2 Å². The Morgan fingerprint density at radius 3 is 2.42 bits per heavy atom. The van der Waals surface area contributed by atoms with Crippen molar-refractivity contribution in [1.29, 1.82) is 0 Å². The summed E-state index contributed by atoms with van der Waals surface area (Å²) in [5, 5.41) is 0. The highest BCUT2D eigenvalue weighted by molar-refractivity contribution is 5.87. The van der Waals surface area contributed by atoms with Crippen molar-refractivity contribution in [2.24, 2.45) is 0 Å². The van der Waals surface area contributed by atoms with Gasteiger partial charge in [-0.25, -0.2) is 4.79 Å². The number of hydrogen-bond acceptors (Lipinski definition) is 3. The first-order valence-electron chi connectivity index (χ1n) is 4.04. The van der Waals surface area contributed by atoms with Gasteiger partial charge in [0, 0.05) is 5.57 Å². The molecule has 70 valence electrons. The number of nitrogens with zero attached hydrogens (tertiary/aromatic N) is 1. The molecule has 0 amide bonds. The highest BCUT2D eigenvalue weighted by Crippen LogP contribution is 2.03. The van der Waals surface area contributed by atoms with Crippen LogP contribution in [-0.2, 0) is 9.53 Å². The summed E-state index contributed by atoms with van der Waals surface area (Å²) in [5.74, 6) is -0.307. The molecule has 0 rings (SSSR count). The highest BCUT2D eigenvalue weighted by Gasteiger charge is 2.12. The van der Waals surface area contributed by atoms with Crippen molar-refractivity contribution in [3.8, 4) is 0 Å². The summed E-state index contributed by atoms with van der Waals surface area (Å²) >= 11 is 0. The molecule has 0 aromatic rings. The SMILES string of the molecule is C=C(CC)C(=O)OC(C)N(C)C. The van der Waals surface area contributed by atoms with E-state index in [9.17, 15) is 4.79 Å². The number of ether oxygens (including phenoxy) is 1. The van der Waals surface area contributed by atoms with E-state index in [0.29, 0.717) is 12.0 Å². The van der Waals surface area contributed by atoms with Crippen molar-refractivity contribution >= 4 is 5.97 Å². The molecule has 0 saturated carbocycles. The Hall–Kier alpha value is -0.830. The average molecular weight is 171 g/mol. The molecule has 3 heteroatoms. The average Bonchev–Trinajstić information content (AvgIpc) is 2.02. The fraction of sp³-hybridized carbons (Fsp3) is 0.667. The van der Waals surface area contributed by atoms with Gasteiger partial charge in [-0.1, -0.05) is 13.5 Å². The first-order chi connectivity index (χ1) is 5.49. The Morgan fingerprint density at radius 2 is 2.08 bits per heavy atom. The Bertz CT molecular complexity index is 175. The van der Waals surface area contributed by atoms with Crippen molar-refractivity contribution in [2.45, 2.75) is 26.5 Å². The lowest BCUT2D eigenvalue weighted by atomic mass is 10.2. The van der Waals surface area contributed by atoms with Crippen LogP contribution in [0.5, 0.6) is 0 Å². The van der Waals surface area contributed by atoms with Gasteiger partial charge in [0.25, 0.3) is 0 Å². The van der Waals surface area contributed by atoms with Gasteiger partial charge in [-0.05, 0) is 27.4 Å². The lowest BCUT2D eigenvalue weighted by molar-refractivity contribution is -0.150. The molecule has 0 fully saturated rings. The maximum Gasteiger partial charge on any atom is 0.334 e. The van der Waals surface area contributed by atoms with Crippen molar-refractivity contribution in [3.05, 3.63) is 12.2 Å². The quantitative estimate of drug-likeness (QED) is 0.364. The molecule has 0 aliphatic heterocycles. The molecule has 0 radical (unpaired) electrons. The van der Waals surface area contributed by atoms with Crippen LogP contribution in [0, 0.1) is 0 Å². The zero-order valence-corrected chi connectivity index (χ0v) is 8.26. The van der Waals surface area contributed by atoms with Gasteiger partial charge in [0.1, 0.15) is 0 Å². The predicted molar refractivity (Wildman–Crippen MR) is 48.7 cm³/mol. The second-order valence-electron chi connectivity index (χ2n) is 2.93. The molecule has 0 N–H and O–H groups in total. The standard InChI is InChI=1S/C9H17NO2/c1-6-7(2)9(11)12-8(3)10(4)5/h8H,2,6H2,1,3-5H3. The fourth-order valence-electron chi connectivity index (χ4n) is 0.488. The molecule has 3 nitrogen and oxygen atoms in total. The predicted octanol–water partition coefficient (Wildman–Crippen LogP) is 1.40. The molecule has 0 aromatic carbocycles. The third-order valence-corrected chi connectivity index (χ3v) is 1.72. The first-order valence-corrected chi connectivity index (χ1v) is 4.04. The van der Waals surface area contributed by atoms with E-state index in [1.165, 1.54) is 0 Å². The summed E-state index contributed by atoms with van der Waals surface area (Å²) in [4.78, 5) is 13.0. The highest BCUT2D eigenvalue weighted by atomic mass is 16.6. The zero-order chi connectivity index (χ0) is 9.72. The van der Waals surface area contributed by atoms with Crippen molar-refractivity contribution in [1.82, 2.24) is 4.90 Å². The van der Waals surface area contributed by atoms with E-state index in [1.54, 1.807) is 0 Å². The van der Waals surface area contributed by atoms with E-state index in [4.69, 9.17) is 4.74 Å². The molecule has 1 atom stereocenters. The molecule has 0 bridgehead atoms. The van der Waals surface area contributed by atoms with Gasteiger partial charge in [-0.3, -0.25) is 4.90 Å². The van der Waals surface area contributed by atoms with E-state index >= 15 is 0 Å². The summed E-state index contributed by atoms with van der Waals surface area (Å²) in [7, 11) is 3.71. The van der Waals surface area contributed by atoms with Crippen molar-refractivity contribution in [2.75, 3.05) is 14.1 Å². The zero-order valence-electron chi connectivity index (χ0n) is 8.26. The van der Waals surface area contributed by atoms with E-state index in [0.717, 1.165) is 0 Å². The van der Waals surface area contributed by atoms with Gasteiger partial charge in [0.05, 0.1) is 0 Å². The Kier molecular flexibility index (Phi) is 4.59. The van der Waals surface area contributed by atoms with E-state index in [-0.39, 0.29) is 12.2 Å². The third kappa shape index (κ3) is 3.53. The van der Waals surface area contributed by atoms with Crippen LogP contribution in [0.1, 0.15) is 20.3 Å². The number of rotatable bonds is 4. The molecule has 12 heavy (non-hydrogen) atoms. The first kappa shape index (κ1) is 11.2. The van der Waals surface area contributed by atoms with E-state index in [1.807, 2.05) is 32.8 Å². The molecule has 0 aliphatic rings. The number of carbonyl (C=O) groups excluding carboxylic acids is 1. The summed E-state index contributed by atoms with van der Waals surface area (Å²) in [6.45, 7) is 7.29. The minimum absolute atomic E-state index is 0.194. The van der Waals surface area contributed by atoms with Gasteiger partial charge in [0.2, 0.25) is 0 Å². The molecular weight excluding hydrogens is 154 g/mol. The van der Waals surface area contributed by atoms with Gasteiger partial charge in [-0.15, -0.1) is 0 Å². The van der Waals surface area contributed by atoms with Crippen LogP contribution >= 0.6 is 0 Å². The maximum atomic E-state index is 11.1. The van der Waals surface area contributed by atoms with Crippen LogP contribution in [-0.4, -0.2) is 31.2 Å². The summed E-state index contributed by atoms with van der Waals surface area (Å²) < 4.78 is 5.05. The fourth-order valence-corrected chi connectivity index (χ4v) is 0.488. The van der Waals surface area contributed by atoms with Gasteiger partial charge in [-0.2, -0.15) is 0 Å². The number of esters is 1. The van der Waals surface area contributed by atoms with Crippen molar-refractivity contribution < 1.29 is 9.53 Å². The van der Waals surface area contributed by atoms with Crippen LogP contribution in [0.3, 0.4) is 0 Å². The van der Waals surface area contributed by atoms with Crippen LogP contribution in [0.4, 0.5) is 0 Å². The second kappa shape index (κ2) is 4.93. The third-order valence-electron chi connectivity index (χ3n) is 1.72. The van der Waals surface area contributed by atoms with Gasteiger partial charge >= 0.3 is 5.97 Å². The summed E-state index contributed by atoms with van der Waals surface area (Å²) in [6.07, 6.45) is 0.444. The normalized spacial score (nSPS) is 12.8. The molecule has 0 heterocycles. The lowest BCUT2D eigenvalue weighted by Gasteiger charge is -2.20. The van der Waals surface area contributed by atoms with Crippen LogP contribution < -0.4 is 0 Å². The summed E-state index contributed by atoms with van der Waals surface area (Å²) in [6, 6.07) is 0. The molecule has 0 aliphatic carbocycles. The smallest absolute Gasteiger partial charge is 0.334 e. The Balaban J connectivity index is 3.92.